The Hall–Kier alpha value is -3.85. The van der Waals surface area contributed by atoms with Gasteiger partial charge in [0.05, 0.1) is 5.69 Å². The lowest BCUT2D eigenvalue weighted by molar-refractivity contribution is 0.963. The third-order valence-corrected chi connectivity index (χ3v) is 5.78. The fraction of sp³-hybridized carbons (Fsp3) is 0.107. The summed E-state index contributed by atoms with van der Waals surface area (Å²) in [5.41, 5.74) is 9.19. The smallest absolute Gasteiger partial charge is 0.0697 e. The zero-order valence-electron chi connectivity index (χ0n) is 17.9. The van der Waals surface area contributed by atoms with Crippen molar-refractivity contribution < 1.29 is 0 Å². The monoisotopic (exact) mass is 403 g/mol. The van der Waals surface area contributed by atoms with Crippen molar-refractivity contribution in [3.05, 3.63) is 125 Å². The Balaban J connectivity index is 1.88. The molecule has 0 bridgehead atoms. The van der Waals surface area contributed by atoms with Crippen LogP contribution >= 0.6 is 0 Å². The quantitative estimate of drug-likeness (QED) is 0.258. The third-order valence-electron chi connectivity index (χ3n) is 5.78. The number of rotatable bonds is 6. The maximum atomic E-state index is 4.31. The highest BCUT2D eigenvalue weighted by atomic mass is 14.7. The summed E-state index contributed by atoms with van der Waals surface area (Å²) >= 11 is 0. The molecule has 0 spiro atoms. The fourth-order valence-electron chi connectivity index (χ4n) is 3.97. The first kappa shape index (κ1) is 20.4. The van der Waals surface area contributed by atoms with Crippen molar-refractivity contribution >= 4 is 23.6 Å². The molecular weight excluding hydrogens is 378 g/mol. The molecule has 0 aliphatic heterocycles. The molecule has 2 aromatic heterocycles. The van der Waals surface area contributed by atoms with Gasteiger partial charge in [0.15, 0.2) is 0 Å². The molecule has 0 fully saturated rings. The van der Waals surface area contributed by atoms with Gasteiger partial charge < -0.3 is 0 Å². The minimum absolute atomic E-state index is 0.0773. The summed E-state index contributed by atoms with van der Waals surface area (Å²) in [5.74, 6) is 0.0773. The molecule has 0 saturated heterocycles. The number of allylic oxidation sites excluding steroid dienone is 2. The molecule has 0 saturated carbocycles. The van der Waals surface area contributed by atoms with Gasteiger partial charge in [0.1, 0.15) is 0 Å². The van der Waals surface area contributed by atoms with E-state index in [1.807, 2.05) is 30.9 Å². The fourth-order valence-corrected chi connectivity index (χ4v) is 3.97. The van der Waals surface area contributed by atoms with E-state index in [9.17, 15) is 0 Å². The first-order chi connectivity index (χ1) is 15.2. The molecule has 0 aliphatic rings. The van der Waals surface area contributed by atoms with Crippen molar-refractivity contribution in [2.45, 2.75) is 19.8 Å². The number of hydrogen-bond donors (Lipinski definition) is 0. The highest BCUT2D eigenvalue weighted by molar-refractivity contribution is 5.92. The highest BCUT2D eigenvalue weighted by Gasteiger charge is 2.19. The number of aromatic nitrogens is 2. The van der Waals surface area contributed by atoms with Crippen molar-refractivity contribution in [1.82, 2.24) is 9.97 Å². The molecule has 3 nitrogen and oxygen atoms in total. The number of benzene rings is 2. The molecule has 0 atom stereocenters. The van der Waals surface area contributed by atoms with Crippen LogP contribution < -0.4 is 0 Å². The lowest BCUT2D eigenvalue weighted by Crippen LogP contribution is -2.04. The van der Waals surface area contributed by atoms with Gasteiger partial charge >= 0.3 is 0 Å². The van der Waals surface area contributed by atoms with Crippen LogP contribution in [0.4, 0.5) is 5.69 Å². The average Bonchev–Trinajstić information content (AvgIpc) is 2.85. The Labute approximate surface area is 183 Å². The van der Waals surface area contributed by atoms with Gasteiger partial charge in [0.2, 0.25) is 0 Å². The van der Waals surface area contributed by atoms with Gasteiger partial charge in [0.25, 0.3) is 0 Å². The predicted molar refractivity (Wildman–Crippen MR) is 130 cm³/mol. The lowest BCUT2D eigenvalue weighted by atomic mass is 9.84. The van der Waals surface area contributed by atoms with E-state index in [4.69, 9.17) is 0 Å². The van der Waals surface area contributed by atoms with Crippen molar-refractivity contribution in [1.29, 1.82) is 0 Å². The topological polar surface area (TPSA) is 38.1 Å². The van der Waals surface area contributed by atoms with Crippen LogP contribution in [0.5, 0.6) is 0 Å². The SMILES string of the molecule is C=Nc1ccc(C(c2ccncc2)c2ccncc2)cc1/C(C)=C(\C)c1ccccc1. The third kappa shape index (κ3) is 4.36. The average molecular weight is 404 g/mol. The van der Waals surface area contributed by atoms with E-state index in [2.05, 4.69) is 102 Å². The van der Waals surface area contributed by atoms with Crippen LogP contribution in [0.2, 0.25) is 0 Å². The standard InChI is InChI=1S/C28H25N3/c1-20(22-7-5-4-6-8-22)21(2)26-19-25(9-10-27(26)29-3)28(23-11-15-30-16-12-23)24-13-17-31-18-14-24/h4-19,28H,3H2,1-2H3/b21-20+. The second-order valence-corrected chi connectivity index (χ2v) is 7.54. The summed E-state index contributed by atoms with van der Waals surface area (Å²) < 4.78 is 0. The molecule has 0 N–H and O–H groups in total. The molecule has 0 amide bonds. The summed E-state index contributed by atoms with van der Waals surface area (Å²) in [6.07, 6.45) is 7.37. The van der Waals surface area contributed by atoms with Crippen LogP contribution in [-0.2, 0) is 0 Å². The maximum Gasteiger partial charge on any atom is 0.0697 e. The summed E-state index contributed by atoms with van der Waals surface area (Å²) in [5, 5.41) is 0. The molecule has 4 rings (SSSR count). The van der Waals surface area contributed by atoms with Gasteiger partial charge in [-0.05, 0) is 90.4 Å². The Morgan fingerprint density at radius 2 is 1.29 bits per heavy atom. The molecule has 0 aliphatic carbocycles. The van der Waals surface area contributed by atoms with E-state index in [1.54, 1.807) is 0 Å². The van der Waals surface area contributed by atoms with E-state index in [-0.39, 0.29) is 5.92 Å². The molecule has 31 heavy (non-hydrogen) atoms. The second-order valence-electron chi connectivity index (χ2n) is 7.54. The van der Waals surface area contributed by atoms with Crippen LogP contribution in [-0.4, -0.2) is 16.7 Å². The first-order valence-electron chi connectivity index (χ1n) is 10.3. The number of nitrogens with zero attached hydrogens (tertiary/aromatic N) is 3. The molecule has 3 heteroatoms. The van der Waals surface area contributed by atoms with Crippen molar-refractivity contribution in [3.63, 3.8) is 0 Å². The van der Waals surface area contributed by atoms with Crippen LogP contribution in [0.15, 0.2) is 103 Å². The Morgan fingerprint density at radius 1 is 0.710 bits per heavy atom. The summed E-state index contributed by atoms with van der Waals surface area (Å²) in [6.45, 7) is 8.12. The van der Waals surface area contributed by atoms with Gasteiger partial charge in [-0.25, -0.2) is 0 Å². The molecule has 0 unspecified atom stereocenters. The van der Waals surface area contributed by atoms with Crippen LogP contribution in [0, 0.1) is 0 Å². The molecule has 2 heterocycles. The van der Waals surface area contributed by atoms with Gasteiger partial charge in [-0.15, -0.1) is 0 Å². The molecular formula is C28H25N3. The van der Waals surface area contributed by atoms with Gasteiger partial charge in [0, 0.05) is 36.3 Å². The first-order valence-corrected chi connectivity index (χ1v) is 10.3. The largest absolute Gasteiger partial charge is 0.265 e. The number of pyridine rings is 2. The van der Waals surface area contributed by atoms with Crippen molar-refractivity contribution in [2.75, 3.05) is 0 Å². The van der Waals surface area contributed by atoms with E-state index < -0.39 is 0 Å². The Kier molecular flexibility index (Phi) is 6.13. The molecule has 4 aromatic rings. The molecule has 152 valence electrons. The number of hydrogen-bond acceptors (Lipinski definition) is 3. The minimum Gasteiger partial charge on any atom is -0.265 e. The van der Waals surface area contributed by atoms with E-state index in [1.165, 1.54) is 33.4 Å². The van der Waals surface area contributed by atoms with Crippen molar-refractivity contribution in [3.8, 4) is 0 Å². The number of aliphatic imine (C=N–C) groups is 1. The second kappa shape index (κ2) is 9.31. The molecule has 2 aromatic carbocycles. The maximum absolute atomic E-state index is 4.31. The predicted octanol–water partition coefficient (Wildman–Crippen LogP) is 6.94. The minimum atomic E-state index is 0.0773. The lowest BCUT2D eigenvalue weighted by Gasteiger charge is -2.21. The Bertz CT molecular complexity index is 1160. The Morgan fingerprint density at radius 3 is 1.84 bits per heavy atom. The van der Waals surface area contributed by atoms with Gasteiger partial charge in [-0.1, -0.05) is 36.4 Å². The van der Waals surface area contributed by atoms with E-state index in [0.29, 0.717) is 0 Å². The van der Waals surface area contributed by atoms with Crippen LogP contribution in [0.1, 0.15) is 47.6 Å². The van der Waals surface area contributed by atoms with Crippen LogP contribution in [0.3, 0.4) is 0 Å². The van der Waals surface area contributed by atoms with E-state index >= 15 is 0 Å². The van der Waals surface area contributed by atoms with Crippen LogP contribution in [0.25, 0.3) is 11.1 Å². The zero-order valence-corrected chi connectivity index (χ0v) is 17.9. The summed E-state index contributed by atoms with van der Waals surface area (Å²) in [7, 11) is 0. The van der Waals surface area contributed by atoms with Gasteiger partial charge in [-0.2, -0.15) is 0 Å². The highest BCUT2D eigenvalue weighted by Crippen LogP contribution is 2.37. The summed E-state index contributed by atoms with van der Waals surface area (Å²) in [4.78, 5) is 12.7. The normalized spacial score (nSPS) is 11.8. The van der Waals surface area contributed by atoms with Gasteiger partial charge in [-0.3, -0.25) is 15.0 Å². The molecule has 0 radical (unpaired) electrons. The summed E-state index contributed by atoms with van der Waals surface area (Å²) in [6, 6.07) is 25.2. The van der Waals surface area contributed by atoms with Crippen molar-refractivity contribution in [2.24, 2.45) is 4.99 Å². The van der Waals surface area contributed by atoms with E-state index in [0.717, 1.165) is 11.3 Å². The zero-order chi connectivity index (χ0) is 21.6.